The fourth-order valence-electron chi connectivity index (χ4n) is 3.19. The number of allylic oxidation sites excluding steroid dienone is 4. The van der Waals surface area contributed by atoms with E-state index >= 15 is 0 Å². The Balaban J connectivity index is 2.21. The summed E-state index contributed by atoms with van der Waals surface area (Å²) in [5.41, 5.74) is 5.75. The molecule has 1 heterocycles. The predicted molar refractivity (Wildman–Crippen MR) is 104 cm³/mol. The van der Waals surface area contributed by atoms with Crippen molar-refractivity contribution in [1.29, 1.82) is 0 Å². The van der Waals surface area contributed by atoms with Crippen molar-refractivity contribution < 1.29 is 19.2 Å². The van der Waals surface area contributed by atoms with E-state index in [0.29, 0.717) is 22.3 Å². The molecule has 1 aliphatic rings. The number of hydrogen-bond acceptors (Lipinski definition) is 7. The molecule has 10 nitrogen and oxygen atoms in total. The summed E-state index contributed by atoms with van der Waals surface area (Å²) in [6, 6.07) is 0. The molecule has 0 radical (unpaired) electrons. The van der Waals surface area contributed by atoms with Gasteiger partial charge in [-0.25, -0.2) is 9.99 Å². The van der Waals surface area contributed by atoms with E-state index in [2.05, 4.69) is 20.3 Å². The molecule has 0 unspecified atom stereocenters. The van der Waals surface area contributed by atoms with Crippen molar-refractivity contribution in [2.24, 2.45) is 21.5 Å². The maximum Gasteiger partial charge on any atom is 0.269 e. The summed E-state index contributed by atoms with van der Waals surface area (Å²) >= 11 is 0. The molecule has 29 heavy (non-hydrogen) atoms. The molecule has 0 atom stereocenters. The summed E-state index contributed by atoms with van der Waals surface area (Å²) in [6.07, 6.45) is 1.15. The number of rotatable bonds is 6. The number of Topliss-reactive ketones (excluding diaryl/α,β-unsaturated/α-hetero) is 2. The Morgan fingerprint density at radius 2 is 1.72 bits per heavy atom. The zero-order chi connectivity index (χ0) is 22.1. The van der Waals surface area contributed by atoms with Gasteiger partial charge in [0.15, 0.2) is 17.3 Å². The molecule has 0 aliphatic heterocycles. The van der Waals surface area contributed by atoms with Gasteiger partial charge in [0, 0.05) is 41.2 Å². The number of ketones is 2. The minimum Gasteiger partial charge on any atom is -0.364 e. The summed E-state index contributed by atoms with van der Waals surface area (Å²) in [7, 11) is 1.39. The Hall–Kier alpha value is -3.43. The largest absolute Gasteiger partial charge is 0.364 e. The minimum absolute atomic E-state index is 0.0281. The average Bonchev–Trinajstić information content (AvgIpc) is 3.11. The first kappa shape index (κ1) is 21.9. The van der Waals surface area contributed by atoms with Crippen LogP contribution in [-0.4, -0.2) is 45.4 Å². The number of hydrogen-bond donors (Lipinski definition) is 2. The second kappa shape index (κ2) is 7.90. The predicted octanol–water partition coefficient (Wildman–Crippen LogP) is 2.19. The molecule has 0 saturated carbocycles. The minimum atomic E-state index is -0.898. The van der Waals surface area contributed by atoms with Gasteiger partial charge in [-0.1, -0.05) is 19.1 Å². The van der Waals surface area contributed by atoms with Crippen molar-refractivity contribution >= 4 is 29.2 Å². The third-order valence-electron chi connectivity index (χ3n) is 4.96. The van der Waals surface area contributed by atoms with Gasteiger partial charge in [0.2, 0.25) is 11.7 Å². The van der Waals surface area contributed by atoms with Crippen LogP contribution in [0.1, 0.15) is 51.5 Å². The van der Waals surface area contributed by atoms with Crippen LogP contribution in [0, 0.1) is 5.41 Å². The Labute approximate surface area is 167 Å². The zero-order valence-electron chi connectivity index (χ0n) is 17.3. The highest BCUT2D eigenvalue weighted by molar-refractivity contribution is 6.25. The lowest BCUT2D eigenvalue weighted by Crippen LogP contribution is -2.34. The number of carbonyl (C=O) groups excluding carboxylic acids is 4. The van der Waals surface area contributed by atoms with Crippen molar-refractivity contribution in [3.63, 3.8) is 0 Å². The van der Waals surface area contributed by atoms with Crippen LogP contribution in [0.15, 0.2) is 39.0 Å². The molecule has 2 amide bonds. The smallest absolute Gasteiger partial charge is 0.269 e. The number of aromatic nitrogens is 2. The normalized spacial score (nSPS) is 15.5. The maximum atomic E-state index is 12.8. The van der Waals surface area contributed by atoms with Crippen LogP contribution in [0.25, 0.3) is 0 Å². The molecule has 1 aliphatic carbocycles. The molecular formula is C19H24N6O4. The SMILES string of the molecule is CC1=C(C)C(=O)C(C(C)(C)CC(=O)N(C)N=Nc2nc[nH]c2C(N)=O)=C(C)C1=O. The highest BCUT2D eigenvalue weighted by Gasteiger charge is 2.38. The zero-order valence-corrected chi connectivity index (χ0v) is 17.3. The number of nitrogens with two attached hydrogens (primary N) is 1. The van der Waals surface area contributed by atoms with Crippen LogP contribution in [0.3, 0.4) is 0 Å². The van der Waals surface area contributed by atoms with Crippen LogP contribution in [0.5, 0.6) is 0 Å². The number of aromatic amines is 1. The summed E-state index contributed by atoms with van der Waals surface area (Å²) in [5.74, 6) is -1.65. The molecule has 3 N–H and O–H groups in total. The van der Waals surface area contributed by atoms with E-state index < -0.39 is 17.2 Å². The number of nitrogens with zero attached hydrogens (tertiary/aromatic N) is 4. The first-order chi connectivity index (χ1) is 13.4. The average molecular weight is 400 g/mol. The second-order valence-corrected chi connectivity index (χ2v) is 7.54. The Bertz CT molecular complexity index is 996. The molecule has 0 spiro atoms. The van der Waals surface area contributed by atoms with E-state index in [1.807, 2.05) is 0 Å². The number of primary amides is 1. The standard InChI is InChI=1S/C19H24N6O4/c1-9-10(2)16(28)13(11(3)15(9)27)19(4,5)7-12(26)25(6)24-23-18-14(17(20)29)21-8-22-18/h8H,7H2,1-6H3,(H2,20,29)(H,21,22). The lowest BCUT2D eigenvalue weighted by molar-refractivity contribution is -0.132. The third-order valence-corrected chi connectivity index (χ3v) is 4.96. The van der Waals surface area contributed by atoms with Gasteiger partial charge >= 0.3 is 0 Å². The topological polar surface area (TPSA) is 151 Å². The van der Waals surface area contributed by atoms with Crippen LogP contribution in [0.4, 0.5) is 5.82 Å². The number of H-pyrrole nitrogens is 1. The van der Waals surface area contributed by atoms with Gasteiger partial charge < -0.3 is 10.7 Å². The van der Waals surface area contributed by atoms with Gasteiger partial charge in [-0.2, -0.15) is 0 Å². The molecule has 0 fully saturated rings. The fourth-order valence-corrected chi connectivity index (χ4v) is 3.19. The number of nitrogens with one attached hydrogen (secondary N) is 1. The first-order valence-electron chi connectivity index (χ1n) is 8.88. The first-order valence-corrected chi connectivity index (χ1v) is 8.88. The summed E-state index contributed by atoms with van der Waals surface area (Å²) < 4.78 is 0. The second-order valence-electron chi connectivity index (χ2n) is 7.54. The Morgan fingerprint density at radius 3 is 2.31 bits per heavy atom. The van der Waals surface area contributed by atoms with E-state index in [0.717, 1.165) is 5.01 Å². The van der Waals surface area contributed by atoms with E-state index in [4.69, 9.17) is 5.73 Å². The summed E-state index contributed by atoms with van der Waals surface area (Å²) in [4.78, 5) is 55.5. The van der Waals surface area contributed by atoms with Crippen molar-refractivity contribution in [2.45, 2.75) is 41.0 Å². The van der Waals surface area contributed by atoms with Gasteiger partial charge in [0.25, 0.3) is 5.91 Å². The van der Waals surface area contributed by atoms with Crippen LogP contribution < -0.4 is 5.73 Å². The van der Waals surface area contributed by atoms with E-state index in [9.17, 15) is 19.2 Å². The molecule has 0 bridgehead atoms. The van der Waals surface area contributed by atoms with Gasteiger partial charge in [0.1, 0.15) is 0 Å². The van der Waals surface area contributed by atoms with Gasteiger partial charge in [-0.05, 0) is 20.8 Å². The molecule has 154 valence electrons. The van der Waals surface area contributed by atoms with Crippen LogP contribution >= 0.6 is 0 Å². The van der Waals surface area contributed by atoms with E-state index in [1.165, 1.54) is 13.4 Å². The molecular weight excluding hydrogens is 376 g/mol. The summed E-state index contributed by atoms with van der Waals surface area (Å²) in [5, 5.41) is 8.51. The Morgan fingerprint density at radius 1 is 1.14 bits per heavy atom. The molecule has 0 aromatic carbocycles. The molecule has 10 heteroatoms. The van der Waals surface area contributed by atoms with E-state index in [1.54, 1.807) is 34.6 Å². The third kappa shape index (κ3) is 4.20. The molecule has 1 aromatic rings. The number of imidazole rings is 1. The highest BCUT2D eigenvalue weighted by Crippen LogP contribution is 2.39. The van der Waals surface area contributed by atoms with Crippen molar-refractivity contribution in [1.82, 2.24) is 15.0 Å². The monoisotopic (exact) mass is 400 g/mol. The highest BCUT2D eigenvalue weighted by atomic mass is 16.2. The summed E-state index contributed by atoms with van der Waals surface area (Å²) in [6.45, 7) is 8.29. The number of carbonyl (C=O) groups is 4. The van der Waals surface area contributed by atoms with Crippen molar-refractivity contribution in [3.05, 3.63) is 34.3 Å². The lowest BCUT2D eigenvalue weighted by Gasteiger charge is -2.31. The molecule has 0 saturated heterocycles. The molecule has 2 rings (SSSR count). The van der Waals surface area contributed by atoms with E-state index in [-0.39, 0.29) is 29.5 Å². The van der Waals surface area contributed by atoms with Gasteiger partial charge in [-0.3, -0.25) is 19.2 Å². The number of amides is 2. The quantitative estimate of drug-likeness (QED) is 0.426. The fraction of sp³-hybridized carbons (Fsp3) is 0.421. The van der Waals surface area contributed by atoms with Crippen LogP contribution in [0.2, 0.25) is 0 Å². The molecule has 1 aromatic heterocycles. The van der Waals surface area contributed by atoms with Crippen molar-refractivity contribution in [3.8, 4) is 0 Å². The van der Waals surface area contributed by atoms with Crippen molar-refractivity contribution in [2.75, 3.05) is 7.05 Å². The maximum absolute atomic E-state index is 12.8. The Kier molecular flexibility index (Phi) is 5.96. The van der Waals surface area contributed by atoms with Gasteiger partial charge in [0.05, 0.1) is 6.33 Å². The lowest BCUT2D eigenvalue weighted by atomic mass is 9.71. The van der Waals surface area contributed by atoms with Crippen LogP contribution in [-0.2, 0) is 14.4 Å². The van der Waals surface area contributed by atoms with Gasteiger partial charge in [-0.15, -0.1) is 5.11 Å².